The number of amides is 1. The molecule has 0 saturated heterocycles. The maximum Gasteiger partial charge on any atom is 0.223 e. The first-order valence-corrected chi connectivity index (χ1v) is 5.79. The van der Waals surface area contributed by atoms with Gasteiger partial charge in [-0.3, -0.25) is 4.79 Å². The minimum Gasteiger partial charge on any atom is -0.359 e. The quantitative estimate of drug-likeness (QED) is 0.792. The Morgan fingerprint density at radius 1 is 1.41 bits per heavy atom. The molecule has 1 aliphatic heterocycles. The van der Waals surface area contributed by atoms with Crippen LogP contribution >= 0.6 is 0 Å². The van der Waals surface area contributed by atoms with Gasteiger partial charge < -0.3 is 14.2 Å². The van der Waals surface area contributed by atoms with Crippen LogP contribution in [0, 0.1) is 6.92 Å². The summed E-state index contributed by atoms with van der Waals surface area (Å²) in [4.78, 5) is 24.4. The number of nitrogens with zero attached hydrogens (tertiary/aromatic N) is 2. The first kappa shape index (κ1) is 11.8. The van der Waals surface area contributed by atoms with Crippen LogP contribution < -0.4 is 0 Å². The van der Waals surface area contributed by atoms with Crippen molar-refractivity contribution < 1.29 is 14.1 Å². The van der Waals surface area contributed by atoms with Gasteiger partial charge in [0.15, 0.2) is 5.76 Å². The third-order valence-corrected chi connectivity index (χ3v) is 3.08. The van der Waals surface area contributed by atoms with E-state index in [1.807, 2.05) is 6.92 Å². The molecule has 0 aliphatic carbocycles. The topological polar surface area (TPSA) is 63.4 Å². The average molecular weight is 236 g/mol. The van der Waals surface area contributed by atoms with Crippen molar-refractivity contribution in [2.24, 2.45) is 0 Å². The van der Waals surface area contributed by atoms with Gasteiger partial charge in [0, 0.05) is 24.9 Å². The molecule has 2 rings (SSSR count). The van der Waals surface area contributed by atoms with E-state index in [0.717, 1.165) is 23.4 Å². The van der Waals surface area contributed by atoms with Gasteiger partial charge >= 0.3 is 0 Å². The Morgan fingerprint density at radius 2 is 2.18 bits per heavy atom. The van der Waals surface area contributed by atoms with Crippen molar-refractivity contribution in [3.8, 4) is 0 Å². The van der Waals surface area contributed by atoms with Crippen LogP contribution in [0.4, 0.5) is 0 Å². The predicted molar refractivity (Wildman–Crippen MR) is 60.3 cm³/mol. The number of carbonyl (C=O) groups is 2. The molecule has 17 heavy (non-hydrogen) atoms. The summed E-state index contributed by atoms with van der Waals surface area (Å²) in [7, 11) is 0. The summed E-state index contributed by atoms with van der Waals surface area (Å²) in [5.41, 5.74) is 2.04. The summed E-state index contributed by atoms with van der Waals surface area (Å²) in [5.74, 6) is 0.844. The molecule has 0 unspecified atom stereocenters. The van der Waals surface area contributed by atoms with Gasteiger partial charge in [0.1, 0.15) is 5.78 Å². The molecule has 0 bridgehead atoms. The van der Waals surface area contributed by atoms with Gasteiger partial charge in [-0.2, -0.15) is 0 Å². The number of aromatic nitrogens is 1. The van der Waals surface area contributed by atoms with Crippen molar-refractivity contribution in [1.82, 2.24) is 10.1 Å². The van der Waals surface area contributed by atoms with Gasteiger partial charge in [0.25, 0.3) is 0 Å². The Balaban J connectivity index is 1.98. The first-order valence-electron chi connectivity index (χ1n) is 5.79. The Hall–Kier alpha value is -1.65. The molecule has 0 saturated carbocycles. The molecule has 1 aromatic rings. The van der Waals surface area contributed by atoms with Crippen molar-refractivity contribution in [3.05, 3.63) is 17.0 Å². The van der Waals surface area contributed by atoms with Crippen molar-refractivity contribution in [2.45, 2.75) is 39.7 Å². The van der Waals surface area contributed by atoms with E-state index in [-0.39, 0.29) is 18.1 Å². The maximum absolute atomic E-state index is 11.8. The number of rotatable bonds is 3. The van der Waals surface area contributed by atoms with E-state index in [1.54, 1.807) is 4.90 Å². The zero-order valence-electron chi connectivity index (χ0n) is 10.2. The molecule has 1 aromatic heterocycles. The number of aryl methyl sites for hydroxylation is 1. The van der Waals surface area contributed by atoms with Gasteiger partial charge in [0.05, 0.1) is 12.2 Å². The highest BCUT2D eigenvalue weighted by atomic mass is 16.5. The van der Waals surface area contributed by atoms with Crippen LogP contribution in [0.2, 0.25) is 0 Å². The largest absolute Gasteiger partial charge is 0.359 e. The molecule has 0 N–H and O–H groups in total. The van der Waals surface area contributed by atoms with Gasteiger partial charge in [-0.15, -0.1) is 0 Å². The van der Waals surface area contributed by atoms with Crippen LogP contribution in [-0.2, 0) is 22.6 Å². The van der Waals surface area contributed by atoms with Crippen molar-refractivity contribution in [1.29, 1.82) is 0 Å². The predicted octanol–water partition coefficient (Wildman–Crippen LogP) is 1.24. The van der Waals surface area contributed by atoms with E-state index >= 15 is 0 Å². The van der Waals surface area contributed by atoms with E-state index in [1.165, 1.54) is 6.92 Å². The van der Waals surface area contributed by atoms with E-state index < -0.39 is 0 Å². The maximum atomic E-state index is 11.8. The SMILES string of the molecule is CC(=O)CCC(=O)N1CCc2c(C)noc2C1. The Bertz CT molecular complexity index is 451. The van der Waals surface area contributed by atoms with Crippen LogP contribution in [-0.4, -0.2) is 28.3 Å². The van der Waals surface area contributed by atoms with Crippen LogP contribution in [0.25, 0.3) is 0 Å². The highest BCUT2D eigenvalue weighted by Crippen LogP contribution is 2.22. The Morgan fingerprint density at radius 3 is 2.88 bits per heavy atom. The molecular formula is C12H16N2O3. The fraction of sp³-hybridized carbons (Fsp3) is 0.583. The standard InChI is InChI=1S/C12H16N2O3/c1-8(15)3-4-12(16)14-6-5-10-9(2)13-17-11(10)7-14/h3-7H2,1-2H3. The van der Waals surface area contributed by atoms with E-state index in [2.05, 4.69) is 5.16 Å². The van der Waals surface area contributed by atoms with Crippen LogP contribution in [0.3, 0.4) is 0 Å². The molecule has 1 amide bonds. The molecule has 1 aliphatic rings. The second-order valence-corrected chi connectivity index (χ2v) is 4.44. The zero-order chi connectivity index (χ0) is 12.4. The van der Waals surface area contributed by atoms with Crippen LogP contribution in [0.15, 0.2) is 4.52 Å². The van der Waals surface area contributed by atoms with Crippen molar-refractivity contribution >= 4 is 11.7 Å². The number of carbonyl (C=O) groups excluding carboxylic acids is 2. The molecule has 0 fully saturated rings. The minimum atomic E-state index is 0.0138. The fourth-order valence-electron chi connectivity index (χ4n) is 2.03. The van der Waals surface area contributed by atoms with Crippen molar-refractivity contribution in [2.75, 3.05) is 6.54 Å². The summed E-state index contributed by atoms with van der Waals surface area (Å²) in [6.07, 6.45) is 1.39. The highest BCUT2D eigenvalue weighted by Gasteiger charge is 2.25. The van der Waals surface area contributed by atoms with E-state index in [4.69, 9.17) is 4.52 Å². The monoisotopic (exact) mass is 236 g/mol. The highest BCUT2D eigenvalue weighted by molar-refractivity contribution is 5.83. The summed E-state index contributed by atoms with van der Waals surface area (Å²) in [5, 5.41) is 3.90. The number of hydrogen-bond acceptors (Lipinski definition) is 4. The second-order valence-electron chi connectivity index (χ2n) is 4.44. The van der Waals surface area contributed by atoms with Gasteiger partial charge in [0.2, 0.25) is 5.91 Å². The molecule has 0 radical (unpaired) electrons. The molecule has 2 heterocycles. The molecule has 92 valence electrons. The van der Waals surface area contributed by atoms with Gasteiger partial charge in [-0.1, -0.05) is 5.16 Å². The van der Waals surface area contributed by atoms with Crippen molar-refractivity contribution in [3.63, 3.8) is 0 Å². The third kappa shape index (κ3) is 2.54. The van der Waals surface area contributed by atoms with E-state index in [0.29, 0.717) is 19.5 Å². The summed E-state index contributed by atoms with van der Waals surface area (Å²) < 4.78 is 5.18. The number of hydrogen-bond donors (Lipinski definition) is 0. The molecule has 5 nitrogen and oxygen atoms in total. The third-order valence-electron chi connectivity index (χ3n) is 3.08. The number of fused-ring (bicyclic) bond motifs is 1. The van der Waals surface area contributed by atoms with E-state index in [9.17, 15) is 9.59 Å². The minimum absolute atomic E-state index is 0.0138. The van der Waals surface area contributed by atoms with Gasteiger partial charge in [-0.25, -0.2) is 0 Å². The van der Waals surface area contributed by atoms with Crippen LogP contribution in [0.5, 0.6) is 0 Å². The lowest BCUT2D eigenvalue weighted by Gasteiger charge is -2.25. The summed E-state index contributed by atoms with van der Waals surface area (Å²) in [6.45, 7) is 4.58. The lowest BCUT2D eigenvalue weighted by molar-refractivity contribution is -0.134. The average Bonchev–Trinajstić information content (AvgIpc) is 2.67. The number of Topliss-reactive ketones (excluding diaryl/α,β-unsaturated/α-hetero) is 1. The normalized spacial score (nSPS) is 14.6. The Labute approximate surface area is 99.8 Å². The fourth-order valence-corrected chi connectivity index (χ4v) is 2.03. The molecule has 5 heteroatoms. The molecule has 0 atom stereocenters. The lowest BCUT2D eigenvalue weighted by atomic mass is 10.0. The second kappa shape index (κ2) is 4.69. The Kier molecular flexibility index (Phi) is 3.26. The van der Waals surface area contributed by atoms with Gasteiger partial charge in [-0.05, 0) is 20.3 Å². The molecule has 0 aromatic carbocycles. The number of ketones is 1. The summed E-state index contributed by atoms with van der Waals surface area (Å²) in [6, 6.07) is 0. The molecular weight excluding hydrogens is 220 g/mol. The van der Waals surface area contributed by atoms with Crippen LogP contribution in [0.1, 0.15) is 36.8 Å². The smallest absolute Gasteiger partial charge is 0.223 e. The first-order chi connectivity index (χ1) is 8.08. The summed E-state index contributed by atoms with van der Waals surface area (Å²) >= 11 is 0. The molecule has 0 spiro atoms. The zero-order valence-corrected chi connectivity index (χ0v) is 10.2. The lowest BCUT2D eigenvalue weighted by Crippen LogP contribution is -2.35.